The Hall–Kier alpha value is -2.55. The van der Waals surface area contributed by atoms with Gasteiger partial charge >= 0.3 is 5.97 Å². The number of rotatable bonds is 5. The number of amides is 2. The summed E-state index contributed by atoms with van der Waals surface area (Å²) in [5, 5.41) is 11.0. The van der Waals surface area contributed by atoms with Crippen LogP contribution in [0.5, 0.6) is 5.75 Å². The number of aliphatic carboxylic acids is 1. The topological polar surface area (TPSA) is 113 Å². The first kappa shape index (κ1) is 16.3. The van der Waals surface area contributed by atoms with Gasteiger partial charge in [-0.2, -0.15) is 0 Å². The van der Waals surface area contributed by atoms with Crippen molar-refractivity contribution < 1.29 is 29.0 Å². The number of fused-ring (bicyclic) bond motifs is 1. The van der Waals surface area contributed by atoms with E-state index in [0.29, 0.717) is 5.75 Å². The van der Waals surface area contributed by atoms with Crippen LogP contribution in [-0.4, -0.2) is 63.4 Å². The van der Waals surface area contributed by atoms with E-state index < -0.39 is 35.3 Å². The number of carboxylic acids is 1. The molecule has 0 aromatic heterocycles. The molecule has 2 amide bonds. The summed E-state index contributed by atoms with van der Waals surface area (Å²) in [6, 6.07) is 8.55. The van der Waals surface area contributed by atoms with E-state index in [9.17, 15) is 24.3 Å². The molecule has 1 aromatic carbocycles. The van der Waals surface area contributed by atoms with Gasteiger partial charge in [0.05, 0.1) is 12.3 Å². The number of para-hydroxylation sites is 1. The van der Waals surface area contributed by atoms with Gasteiger partial charge in [0.15, 0.2) is 12.4 Å². The summed E-state index contributed by atoms with van der Waals surface area (Å²) in [5.74, 6) is -2.53. The number of benzene rings is 1. The van der Waals surface area contributed by atoms with E-state index in [1.165, 1.54) is 4.90 Å². The maximum atomic E-state index is 12.2. The number of ether oxygens (including phenoxy) is 1. The highest BCUT2D eigenvalue weighted by molar-refractivity contribution is 8.00. The standard InChI is InChI=1S/C15H14N2O6S/c18-9-6-17-12(20)15(14(21)22,13(17)24-8-9)16-11(19)7-23-10-4-2-1-3-5-10/h1-5,13H,6-8H2,(H,16,19)(H,21,22)/t13-,15?/m0/s1. The highest BCUT2D eigenvalue weighted by Gasteiger charge is 2.68. The van der Waals surface area contributed by atoms with Crippen molar-refractivity contribution in [2.75, 3.05) is 18.9 Å². The minimum Gasteiger partial charge on any atom is -0.484 e. The molecule has 126 valence electrons. The van der Waals surface area contributed by atoms with Crippen LogP contribution in [0.25, 0.3) is 0 Å². The molecule has 2 saturated heterocycles. The third kappa shape index (κ3) is 2.60. The zero-order valence-corrected chi connectivity index (χ0v) is 13.2. The summed E-state index contributed by atoms with van der Waals surface area (Å²) < 4.78 is 5.26. The van der Waals surface area contributed by atoms with Crippen LogP contribution in [0.2, 0.25) is 0 Å². The van der Waals surface area contributed by atoms with E-state index in [1.54, 1.807) is 30.3 Å². The fourth-order valence-corrected chi connectivity index (χ4v) is 3.97. The maximum absolute atomic E-state index is 12.2. The zero-order chi connectivity index (χ0) is 17.3. The van der Waals surface area contributed by atoms with Crippen LogP contribution in [0, 0.1) is 0 Å². The average molecular weight is 350 g/mol. The van der Waals surface area contributed by atoms with Gasteiger partial charge in [0.2, 0.25) is 5.54 Å². The molecular weight excluding hydrogens is 336 g/mol. The lowest BCUT2D eigenvalue weighted by Gasteiger charge is -2.54. The number of carboxylic acid groups (broad SMARTS) is 1. The molecule has 0 aliphatic carbocycles. The van der Waals surface area contributed by atoms with Gasteiger partial charge in [0.25, 0.3) is 11.8 Å². The Bertz CT molecular complexity index is 709. The van der Waals surface area contributed by atoms with Gasteiger partial charge in [0, 0.05) is 0 Å². The number of thioether (sulfide) groups is 1. The third-order valence-electron chi connectivity index (χ3n) is 3.79. The Morgan fingerprint density at radius 3 is 2.71 bits per heavy atom. The van der Waals surface area contributed by atoms with Crippen molar-refractivity contribution in [3.8, 4) is 5.75 Å². The zero-order valence-electron chi connectivity index (χ0n) is 12.4. The Morgan fingerprint density at radius 2 is 2.04 bits per heavy atom. The molecule has 24 heavy (non-hydrogen) atoms. The van der Waals surface area contributed by atoms with Gasteiger partial charge in [0.1, 0.15) is 11.1 Å². The predicted octanol–water partition coefficient (Wildman–Crippen LogP) is -0.511. The van der Waals surface area contributed by atoms with Crippen LogP contribution < -0.4 is 10.1 Å². The molecular formula is C15H14N2O6S. The third-order valence-corrected chi connectivity index (χ3v) is 5.20. The molecule has 2 aliphatic rings. The molecule has 3 rings (SSSR count). The normalized spacial score (nSPS) is 25.5. The number of nitrogens with one attached hydrogen (secondary N) is 1. The van der Waals surface area contributed by atoms with Crippen LogP contribution in [0.1, 0.15) is 0 Å². The maximum Gasteiger partial charge on any atom is 0.342 e. The Morgan fingerprint density at radius 1 is 1.33 bits per heavy atom. The van der Waals surface area contributed by atoms with Crippen molar-refractivity contribution in [1.29, 1.82) is 0 Å². The van der Waals surface area contributed by atoms with Gasteiger partial charge in [-0.3, -0.25) is 14.4 Å². The molecule has 2 aliphatic heterocycles. The smallest absolute Gasteiger partial charge is 0.342 e. The quantitative estimate of drug-likeness (QED) is 0.543. The highest BCUT2D eigenvalue weighted by Crippen LogP contribution is 2.41. The summed E-state index contributed by atoms with van der Waals surface area (Å²) >= 11 is 1.04. The van der Waals surface area contributed by atoms with E-state index in [1.807, 2.05) is 0 Å². The highest BCUT2D eigenvalue weighted by atomic mass is 32.2. The number of β-lactam (4-membered cyclic amide) rings is 1. The molecule has 0 bridgehead atoms. The predicted molar refractivity (Wildman–Crippen MR) is 83.4 cm³/mol. The van der Waals surface area contributed by atoms with E-state index >= 15 is 0 Å². The molecule has 0 spiro atoms. The van der Waals surface area contributed by atoms with Crippen molar-refractivity contribution in [3.05, 3.63) is 30.3 Å². The van der Waals surface area contributed by atoms with Crippen molar-refractivity contribution in [3.63, 3.8) is 0 Å². The first-order chi connectivity index (χ1) is 11.4. The molecule has 2 N–H and O–H groups in total. The number of ketones is 1. The van der Waals surface area contributed by atoms with Gasteiger partial charge in [-0.15, -0.1) is 11.8 Å². The Labute approximate surface area is 141 Å². The van der Waals surface area contributed by atoms with E-state index in [-0.39, 0.29) is 18.1 Å². The van der Waals surface area contributed by atoms with Gasteiger partial charge in [-0.25, -0.2) is 4.79 Å². The van der Waals surface area contributed by atoms with Crippen LogP contribution in [0.3, 0.4) is 0 Å². The first-order valence-electron chi connectivity index (χ1n) is 7.12. The summed E-state index contributed by atoms with van der Waals surface area (Å²) in [6.07, 6.45) is 0. The van der Waals surface area contributed by atoms with Gasteiger partial charge < -0.3 is 20.1 Å². The van der Waals surface area contributed by atoms with E-state index in [0.717, 1.165) is 11.8 Å². The van der Waals surface area contributed by atoms with Crippen molar-refractivity contribution in [2.24, 2.45) is 0 Å². The molecule has 0 saturated carbocycles. The monoisotopic (exact) mass is 350 g/mol. The number of carbonyl (C=O) groups excluding carboxylic acids is 3. The molecule has 0 radical (unpaired) electrons. The SMILES string of the molecule is O=C1CS[C@@H]2N(C1)C(=O)C2(NC(=O)COc1ccccc1)C(=O)O. The average Bonchev–Trinajstić information content (AvgIpc) is 2.58. The number of Topliss-reactive ketones (excluding diaryl/α,β-unsaturated/α-hetero) is 1. The number of nitrogens with zero attached hydrogens (tertiary/aromatic N) is 1. The Kier molecular flexibility index (Phi) is 4.18. The van der Waals surface area contributed by atoms with Crippen LogP contribution in [0.4, 0.5) is 0 Å². The van der Waals surface area contributed by atoms with Gasteiger partial charge in [-0.05, 0) is 12.1 Å². The minimum atomic E-state index is -2.04. The lowest BCUT2D eigenvalue weighted by molar-refractivity contribution is -0.174. The summed E-state index contributed by atoms with van der Waals surface area (Å²) in [4.78, 5) is 48.5. The molecule has 2 fully saturated rings. The lowest BCUT2D eigenvalue weighted by Crippen LogP contribution is -2.84. The summed E-state index contributed by atoms with van der Waals surface area (Å²) in [7, 11) is 0. The number of hydrogen-bond donors (Lipinski definition) is 2. The van der Waals surface area contributed by atoms with Crippen LogP contribution in [-0.2, 0) is 19.2 Å². The van der Waals surface area contributed by atoms with E-state index in [4.69, 9.17) is 4.74 Å². The second-order valence-electron chi connectivity index (χ2n) is 5.40. The summed E-state index contributed by atoms with van der Waals surface area (Å²) in [5.41, 5.74) is -2.04. The Balaban J connectivity index is 1.68. The molecule has 2 atom stereocenters. The van der Waals surface area contributed by atoms with Gasteiger partial charge in [-0.1, -0.05) is 18.2 Å². The van der Waals surface area contributed by atoms with Crippen molar-refractivity contribution in [1.82, 2.24) is 10.2 Å². The minimum absolute atomic E-state index is 0.111. The second kappa shape index (κ2) is 6.16. The largest absolute Gasteiger partial charge is 0.484 e. The molecule has 1 aromatic rings. The molecule has 9 heteroatoms. The van der Waals surface area contributed by atoms with Crippen molar-refractivity contribution in [2.45, 2.75) is 10.9 Å². The summed E-state index contributed by atoms with van der Waals surface area (Å²) in [6.45, 7) is -0.537. The first-order valence-corrected chi connectivity index (χ1v) is 8.16. The molecule has 1 unspecified atom stereocenters. The number of hydrogen-bond acceptors (Lipinski definition) is 6. The lowest BCUT2D eigenvalue weighted by atomic mass is 9.87. The van der Waals surface area contributed by atoms with E-state index in [2.05, 4.69) is 5.32 Å². The second-order valence-corrected chi connectivity index (χ2v) is 6.47. The molecule has 2 heterocycles. The fourth-order valence-electron chi connectivity index (χ4n) is 2.67. The number of carbonyl (C=O) groups is 4. The molecule has 8 nitrogen and oxygen atoms in total. The fraction of sp³-hybridized carbons (Fsp3) is 0.333. The van der Waals surface area contributed by atoms with Crippen LogP contribution >= 0.6 is 11.8 Å². The van der Waals surface area contributed by atoms with Crippen LogP contribution in [0.15, 0.2) is 30.3 Å². The van der Waals surface area contributed by atoms with Crippen molar-refractivity contribution >= 4 is 35.3 Å².